The van der Waals surface area contributed by atoms with Crippen LogP contribution in [-0.4, -0.2) is 36.7 Å². The summed E-state index contributed by atoms with van der Waals surface area (Å²) in [5.74, 6) is 0. The van der Waals surface area contributed by atoms with Crippen molar-refractivity contribution in [2.75, 3.05) is 26.4 Å². The number of rotatable bonds is 5. The van der Waals surface area contributed by atoms with E-state index in [0.29, 0.717) is 19.8 Å². The summed E-state index contributed by atoms with van der Waals surface area (Å²) in [5.41, 5.74) is 1.92. The number of aliphatic hydroxyl groups excluding tert-OH is 1. The van der Waals surface area contributed by atoms with E-state index in [9.17, 15) is 0 Å². The molecular formula is C4H13NO3. The second-order valence-electron chi connectivity index (χ2n) is 1.24. The Bertz CT molecular complexity index is 40.8. The van der Waals surface area contributed by atoms with Crippen LogP contribution < -0.4 is 5.48 Å². The lowest BCUT2D eigenvalue weighted by atomic mass is 10.7. The minimum atomic E-state index is 0. The van der Waals surface area contributed by atoms with Gasteiger partial charge in [-0.2, -0.15) is 0 Å². The minimum absolute atomic E-state index is 0. The first-order chi connectivity index (χ1) is 3.91. The average molecular weight is 123 g/mol. The Morgan fingerprint density at radius 1 is 1.50 bits per heavy atom. The third-order valence-electron chi connectivity index (χ3n) is 0.594. The standard InChI is InChI=1S/C4H11NO3.H2/c6-2-4-8-3-1-5-7;/h5-7H,1-4H2;1H. The molecule has 52 valence electrons. The molecule has 0 aromatic heterocycles. The van der Waals surface area contributed by atoms with Gasteiger partial charge >= 0.3 is 0 Å². The van der Waals surface area contributed by atoms with E-state index in [0.717, 1.165) is 0 Å². The van der Waals surface area contributed by atoms with Crippen molar-refractivity contribution in [3.63, 3.8) is 0 Å². The number of hydrogen-bond acceptors (Lipinski definition) is 4. The topological polar surface area (TPSA) is 61.7 Å². The Labute approximate surface area is 49.5 Å². The summed E-state index contributed by atoms with van der Waals surface area (Å²) in [5, 5.41) is 16.1. The number of hydrogen-bond donors (Lipinski definition) is 3. The highest BCUT2D eigenvalue weighted by Gasteiger charge is 1.82. The van der Waals surface area contributed by atoms with Crippen LogP contribution in [0.3, 0.4) is 0 Å². The maximum Gasteiger partial charge on any atom is 0.0698 e. The predicted octanol–water partition coefficient (Wildman–Crippen LogP) is -0.780. The molecule has 0 aliphatic heterocycles. The van der Waals surface area contributed by atoms with Crippen LogP contribution in [0.5, 0.6) is 0 Å². The number of aliphatic hydroxyl groups is 1. The van der Waals surface area contributed by atoms with Crippen LogP contribution in [-0.2, 0) is 4.74 Å². The van der Waals surface area contributed by atoms with Crippen molar-refractivity contribution < 1.29 is 16.5 Å². The van der Waals surface area contributed by atoms with Gasteiger partial charge in [0.05, 0.1) is 19.8 Å². The van der Waals surface area contributed by atoms with Crippen molar-refractivity contribution in [1.82, 2.24) is 5.48 Å². The fourth-order valence-corrected chi connectivity index (χ4v) is 0.284. The first-order valence-corrected chi connectivity index (χ1v) is 2.47. The lowest BCUT2D eigenvalue weighted by Gasteiger charge is -1.97. The third-order valence-corrected chi connectivity index (χ3v) is 0.594. The van der Waals surface area contributed by atoms with Crippen LogP contribution in [0.15, 0.2) is 0 Å². The normalized spacial score (nSPS) is 9.75. The maximum absolute atomic E-state index is 8.16. The van der Waals surface area contributed by atoms with Crippen LogP contribution in [0.2, 0.25) is 0 Å². The molecule has 4 nitrogen and oxygen atoms in total. The Hall–Kier alpha value is -0.160. The zero-order chi connectivity index (χ0) is 6.24. The smallest absolute Gasteiger partial charge is 0.0698 e. The summed E-state index contributed by atoms with van der Waals surface area (Å²) >= 11 is 0. The van der Waals surface area contributed by atoms with Gasteiger partial charge in [0.1, 0.15) is 0 Å². The van der Waals surface area contributed by atoms with Crippen molar-refractivity contribution in [1.29, 1.82) is 0 Å². The molecule has 0 aliphatic rings. The first-order valence-electron chi connectivity index (χ1n) is 2.47. The maximum atomic E-state index is 8.16. The quantitative estimate of drug-likeness (QED) is 0.331. The predicted molar refractivity (Wildman–Crippen MR) is 29.8 cm³/mol. The van der Waals surface area contributed by atoms with E-state index < -0.39 is 0 Å². The minimum Gasteiger partial charge on any atom is -0.394 e. The summed E-state index contributed by atoms with van der Waals surface area (Å²) in [6.07, 6.45) is 0. The largest absolute Gasteiger partial charge is 0.394 e. The van der Waals surface area contributed by atoms with E-state index in [2.05, 4.69) is 0 Å². The molecule has 0 radical (unpaired) electrons. The highest BCUT2D eigenvalue weighted by molar-refractivity contribution is 4.30. The Morgan fingerprint density at radius 2 is 2.25 bits per heavy atom. The van der Waals surface area contributed by atoms with Crippen LogP contribution in [0, 0.1) is 0 Å². The Morgan fingerprint density at radius 3 is 2.75 bits per heavy atom. The zero-order valence-electron chi connectivity index (χ0n) is 4.63. The number of nitrogens with one attached hydrogen (secondary N) is 1. The molecule has 0 bridgehead atoms. The molecular weight excluding hydrogens is 110 g/mol. The van der Waals surface area contributed by atoms with Crippen LogP contribution in [0.4, 0.5) is 0 Å². The van der Waals surface area contributed by atoms with Crippen LogP contribution in [0.25, 0.3) is 0 Å². The van der Waals surface area contributed by atoms with E-state index in [1.807, 2.05) is 5.48 Å². The van der Waals surface area contributed by atoms with Gasteiger partial charge in [0.15, 0.2) is 0 Å². The monoisotopic (exact) mass is 123 g/mol. The molecule has 0 atom stereocenters. The van der Waals surface area contributed by atoms with Crippen LogP contribution >= 0.6 is 0 Å². The van der Waals surface area contributed by atoms with E-state index in [1.54, 1.807) is 0 Å². The first kappa shape index (κ1) is 7.84. The van der Waals surface area contributed by atoms with Crippen molar-refractivity contribution in [2.24, 2.45) is 0 Å². The Balaban J connectivity index is 0. The molecule has 0 aromatic rings. The van der Waals surface area contributed by atoms with Gasteiger partial charge in [-0.1, -0.05) is 0 Å². The molecule has 0 unspecified atom stereocenters. The molecule has 0 amide bonds. The molecule has 0 aliphatic carbocycles. The summed E-state index contributed by atoms with van der Waals surface area (Å²) in [6.45, 7) is 1.20. The molecule has 0 heterocycles. The van der Waals surface area contributed by atoms with Crippen LogP contribution in [0.1, 0.15) is 1.43 Å². The zero-order valence-corrected chi connectivity index (χ0v) is 4.63. The summed E-state index contributed by atoms with van der Waals surface area (Å²) < 4.78 is 4.75. The molecule has 0 spiro atoms. The van der Waals surface area contributed by atoms with Gasteiger partial charge in [0.2, 0.25) is 0 Å². The van der Waals surface area contributed by atoms with Crippen molar-refractivity contribution in [2.45, 2.75) is 0 Å². The van der Waals surface area contributed by atoms with Gasteiger partial charge in [-0.15, -0.1) is 0 Å². The van der Waals surface area contributed by atoms with Crippen molar-refractivity contribution >= 4 is 0 Å². The van der Waals surface area contributed by atoms with Crippen molar-refractivity contribution in [3.8, 4) is 0 Å². The fraction of sp³-hybridized carbons (Fsp3) is 1.00. The van der Waals surface area contributed by atoms with Crippen molar-refractivity contribution in [3.05, 3.63) is 0 Å². The molecule has 0 saturated heterocycles. The van der Waals surface area contributed by atoms with Gasteiger partial charge in [-0.25, -0.2) is 5.48 Å². The number of ether oxygens (including phenoxy) is 1. The molecule has 0 fully saturated rings. The highest BCUT2D eigenvalue weighted by atomic mass is 16.5. The van der Waals surface area contributed by atoms with E-state index in [-0.39, 0.29) is 8.03 Å². The molecule has 0 saturated carbocycles. The lowest BCUT2D eigenvalue weighted by molar-refractivity contribution is 0.0677. The fourth-order valence-electron chi connectivity index (χ4n) is 0.284. The third kappa shape index (κ3) is 5.84. The molecule has 0 aromatic carbocycles. The van der Waals surface area contributed by atoms with Gasteiger partial charge in [0, 0.05) is 7.97 Å². The summed E-state index contributed by atoms with van der Waals surface area (Å²) in [6, 6.07) is 0. The van der Waals surface area contributed by atoms with Gasteiger partial charge in [-0.3, -0.25) is 0 Å². The summed E-state index contributed by atoms with van der Waals surface area (Å²) in [4.78, 5) is 0. The van der Waals surface area contributed by atoms with E-state index in [4.69, 9.17) is 15.1 Å². The molecule has 3 N–H and O–H groups in total. The molecule has 0 rings (SSSR count). The summed E-state index contributed by atoms with van der Waals surface area (Å²) in [7, 11) is 0. The highest BCUT2D eigenvalue weighted by Crippen LogP contribution is 1.68. The van der Waals surface area contributed by atoms with E-state index in [1.165, 1.54) is 0 Å². The average Bonchev–Trinajstić information content (AvgIpc) is 1.81. The van der Waals surface area contributed by atoms with E-state index >= 15 is 0 Å². The number of hydroxylamine groups is 1. The second-order valence-corrected chi connectivity index (χ2v) is 1.24. The SMILES string of the molecule is OCCOCCNO.[HH]. The Kier molecular flexibility index (Phi) is 6.70. The molecule has 4 heteroatoms. The van der Waals surface area contributed by atoms with Gasteiger partial charge in [0.25, 0.3) is 0 Å². The van der Waals surface area contributed by atoms with Gasteiger partial charge in [-0.05, 0) is 0 Å². The molecule has 8 heavy (non-hydrogen) atoms. The second kappa shape index (κ2) is 6.84. The van der Waals surface area contributed by atoms with Gasteiger partial charge < -0.3 is 15.1 Å². The lowest BCUT2D eigenvalue weighted by Crippen LogP contribution is -2.15.